The van der Waals surface area contributed by atoms with Gasteiger partial charge in [0, 0.05) is 12.8 Å². The molecule has 44 heavy (non-hydrogen) atoms. The second kappa shape index (κ2) is 17.6. The SMILES string of the molecule is C[C@H](NC(=O)[C@H](Cc1ccccc1)NC(=O)CNC(=O)COCc1ccccc1)C(=O)NC(CCC(N)=O)C(O)C(F)(F)F. The van der Waals surface area contributed by atoms with E-state index in [1.54, 1.807) is 30.3 Å². The zero-order valence-corrected chi connectivity index (χ0v) is 23.9. The zero-order chi connectivity index (χ0) is 32.7. The molecule has 12 nitrogen and oxygen atoms in total. The molecule has 2 aromatic carbocycles. The van der Waals surface area contributed by atoms with Crippen LogP contribution in [0.15, 0.2) is 60.7 Å². The zero-order valence-electron chi connectivity index (χ0n) is 23.9. The van der Waals surface area contributed by atoms with Crippen LogP contribution in [0.1, 0.15) is 30.9 Å². The summed E-state index contributed by atoms with van der Waals surface area (Å²) in [5.41, 5.74) is 6.49. The van der Waals surface area contributed by atoms with Gasteiger partial charge in [0.05, 0.1) is 19.2 Å². The molecular weight excluding hydrogens is 587 g/mol. The number of ether oxygens (including phenoxy) is 1. The minimum absolute atomic E-state index is 0.0189. The van der Waals surface area contributed by atoms with Gasteiger partial charge in [-0.25, -0.2) is 0 Å². The Morgan fingerprint density at radius 1 is 0.864 bits per heavy atom. The number of nitrogens with one attached hydrogen (secondary N) is 4. The maximum atomic E-state index is 13.1. The van der Waals surface area contributed by atoms with Crippen LogP contribution in [0.3, 0.4) is 0 Å². The highest BCUT2D eigenvalue weighted by molar-refractivity contribution is 5.93. The van der Waals surface area contributed by atoms with Gasteiger partial charge < -0.3 is 36.8 Å². The van der Waals surface area contributed by atoms with E-state index in [9.17, 15) is 42.3 Å². The molecule has 0 fully saturated rings. The fourth-order valence-corrected chi connectivity index (χ4v) is 3.89. The Hall–Kier alpha value is -4.50. The number of primary amides is 1. The van der Waals surface area contributed by atoms with Gasteiger partial charge in [0.15, 0.2) is 6.10 Å². The number of alkyl halides is 3. The third-order valence-electron chi connectivity index (χ3n) is 6.22. The maximum Gasteiger partial charge on any atom is 0.416 e. The number of aliphatic hydroxyl groups is 1. The van der Waals surface area contributed by atoms with Crippen LogP contribution in [0.25, 0.3) is 0 Å². The number of carbonyl (C=O) groups excluding carboxylic acids is 5. The highest BCUT2D eigenvalue weighted by Crippen LogP contribution is 2.24. The first kappa shape index (κ1) is 35.7. The quantitative estimate of drug-likeness (QED) is 0.145. The van der Waals surface area contributed by atoms with E-state index in [4.69, 9.17) is 10.5 Å². The van der Waals surface area contributed by atoms with Crippen LogP contribution >= 0.6 is 0 Å². The van der Waals surface area contributed by atoms with Crippen molar-refractivity contribution >= 4 is 29.5 Å². The predicted molar refractivity (Wildman–Crippen MR) is 151 cm³/mol. The van der Waals surface area contributed by atoms with Gasteiger partial charge >= 0.3 is 6.18 Å². The highest BCUT2D eigenvalue weighted by Gasteiger charge is 2.44. The topological polar surface area (TPSA) is 189 Å². The average molecular weight is 624 g/mol. The number of aliphatic hydroxyl groups excluding tert-OH is 1. The summed E-state index contributed by atoms with van der Waals surface area (Å²) in [6, 6.07) is 13.1. The second-order valence-corrected chi connectivity index (χ2v) is 9.90. The number of rotatable bonds is 17. The van der Waals surface area contributed by atoms with Gasteiger partial charge in [-0.1, -0.05) is 60.7 Å². The molecule has 0 aliphatic heterocycles. The Labute approximate surface area is 251 Å². The van der Waals surface area contributed by atoms with Crippen LogP contribution in [-0.2, 0) is 41.7 Å². The van der Waals surface area contributed by atoms with Gasteiger partial charge in [-0.2, -0.15) is 13.2 Å². The van der Waals surface area contributed by atoms with E-state index in [1.165, 1.54) is 6.92 Å². The molecule has 240 valence electrons. The van der Waals surface area contributed by atoms with Gasteiger partial charge in [0.25, 0.3) is 0 Å². The molecule has 15 heteroatoms. The van der Waals surface area contributed by atoms with E-state index < -0.39 is 79.3 Å². The predicted octanol–water partition coefficient (Wildman–Crippen LogP) is 0.225. The first-order valence-electron chi connectivity index (χ1n) is 13.6. The lowest BCUT2D eigenvalue weighted by Gasteiger charge is -2.27. The first-order valence-corrected chi connectivity index (χ1v) is 13.6. The minimum Gasteiger partial charge on any atom is -0.382 e. The minimum atomic E-state index is -5.10. The van der Waals surface area contributed by atoms with Gasteiger partial charge in [0.2, 0.25) is 29.5 Å². The van der Waals surface area contributed by atoms with Crippen molar-refractivity contribution in [2.45, 2.75) is 63.2 Å². The van der Waals surface area contributed by atoms with Gasteiger partial charge in [-0.3, -0.25) is 24.0 Å². The van der Waals surface area contributed by atoms with Crippen molar-refractivity contribution in [3.63, 3.8) is 0 Å². The second-order valence-electron chi connectivity index (χ2n) is 9.90. The molecule has 2 aromatic rings. The van der Waals surface area contributed by atoms with Crippen LogP contribution in [-0.4, -0.2) is 78.2 Å². The highest BCUT2D eigenvalue weighted by atomic mass is 19.4. The van der Waals surface area contributed by atoms with E-state index in [1.807, 2.05) is 35.6 Å². The van der Waals surface area contributed by atoms with E-state index in [0.29, 0.717) is 5.56 Å². The number of carbonyl (C=O) groups is 5. The van der Waals surface area contributed by atoms with Crippen molar-refractivity contribution in [3.8, 4) is 0 Å². The van der Waals surface area contributed by atoms with Gasteiger partial charge in [-0.05, 0) is 24.5 Å². The van der Waals surface area contributed by atoms with E-state index >= 15 is 0 Å². The Balaban J connectivity index is 1.98. The Kier molecular flexibility index (Phi) is 14.3. The Morgan fingerprint density at radius 2 is 1.45 bits per heavy atom. The number of benzene rings is 2. The summed E-state index contributed by atoms with van der Waals surface area (Å²) in [6.07, 6.45) is -9.25. The van der Waals surface area contributed by atoms with Gasteiger partial charge in [-0.15, -0.1) is 0 Å². The van der Waals surface area contributed by atoms with Crippen molar-refractivity contribution in [1.82, 2.24) is 21.3 Å². The number of amides is 5. The standard InChI is InChI=1S/C29H36F3N5O7/c1-18(27(42)37-21(12-13-23(33)38)26(41)29(30,31)32)35-28(43)22(14-19-8-4-2-5-9-19)36-24(39)15-34-25(40)17-44-16-20-10-6-3-7-11-20/h2-11,18,21-22,26,41H,12-17H2,1H3,(H2,33,38)(H,34,40)(H,35,43)(H,36,39)(H,37,42)/t18-,21?,22-,26?/m0/s1. The monoisotopic (exact) mass is 623 g/mol. The molecule has 0 aromatic heterocycles. The molecule has 0 heterocycles. The number of hydrogen-bond donors (Lipinski definition) is 6. The largest absolute Gasteiger partial charge is 0.416 e. The summed E-state index contributed by atoms with van der Waals surface area (Å²) >= 11 is 0. The van der Waals surface area contributed by atoms with Crippen molar-refractivity contribution in [2.75, 3.05) is 13.2 Å². The van der Waals surface area contributed by atoms with E-state index in [2.05, 4.69) is 16.0 Å². The lowest BCUT2D eigenvalue weighted by Crippen LogP contribution is -2.57. The van der Waals surface area contributed by atoms with Crippen LogP contribution in [0.5, 0.6) is 0 Å². The summed E-state index contributed by atoms with van der Waals surface area (Å²) in [7, 11) is 0. The first-order chi connectivity index (χ1) is 20.8. The molecule has 0 spiro atoms. The molecule has 0 aliphatic rings. The summed E-state index contributed by atoms with van der Waals surface area (Å²) in [5, 5.41) is 18.8. The molecule has 2 unspecified atom stereocenters. The normalized spacial score (nSPS) is 13.9. The van der Waals surface area contributed by atoms with Crippen molar-refractivity contribution in [3.05, 3.63) is 71.8 Å². The summed E-state index contributed by atoms with van der Waals surface area (Å²) < 4.78 is 44.6. The summed E-state index contributed by atoms with van der Waals surface area (Å²) in [5.74, 6) is -4.15. The third kappa shape index (κ3) is 13.2. The van der Waals surface area contributed by atoms with Crippen LogP contribution in [0.4, 0.5) is 13.2 Å². The molecule has 0 aliphatic carbocycles. The molecule has 7 N–H and O–H groups in total. The fraction of sp³-hybridized carbons (Fsp3) is 0.414. The summed E-state index contributed by atoms with van der Waals surface area (Å²) in [4.78, 5) is 61.5. The summed E-state index contributed by atoms with van der Waals surface area (Å²) in [6.45, 7) is 0.577. The Bertz CT molecular complexity index is 1250. The van der Waals surface area contributed by atoms with Gasteiger partial charge in [0.1, 0.15) is 18.7 Å². The molecule has 5 amide bonds. The molecule has 0 radical (unpaired) electrons. The van der Waals surface area contributed by atoms with Crippen molar-refractivity contribution < 1.29 is 47.0 Å². The number of nitrogens with two attached hydrogens (primary N) is 1. The third-order valence-corrected chi connectivity index (χ3v) is 6.22. The van der Waals surface area contributed by atoms with E-state index in [0.717, 1.165) is 5.56 Å². The number of hydrogen-bond acceptors (Lipinski definition) is 7. The van der Waals surface area contributed by atoms with Crippen LogP contribution < -0.4 is 27.0 Å². The van der Waals surface area contributed by atoms with Crippen LogP contribution in [0.2, 0.25) is 0 Å². The molecule has 2 rings (SSSR count). The molecular formula is C29H36F3N5O7. The number of halogens is 3. The molecule has 0 saturated heterocycles. The lowest BCUT2D eigenvalue weighted by molar-refractivity contribution is -0.212. The van der Waals surface area contributed by atoms with Crippen molar-refractivity contribution in [1.29, 1.82) is 0 Å². The molecule has 0 saturated carbocycles. The smallest absolute Gasteiger partial charge is 0.382 e. The van der Waals surface area contributed by atoms with E-state index in [-0.39, 0.29) is 19.6 Å². The maximum absolute atomic E-state index is 13.1. The Morgan fingerprint density at radius 3 is 2.02 bits per heavy atom. The average Bonchev–Trinajstić information content (AvgIpc) is 2.97. The molecule has 0 bridgehead atoms. The fourth-order valence-electron chi connectivity index (χ4n) is 3.89. The lowest BCUT2D eigenvalue weighted by atomic mass is 10.0. The van der Waals surface area contributed by atoms with Crippen molar-refractivity contribution in [2.24, 2.45) is 5.73 Å². The molecule has 4 atom stereocenters. The van der Waals surface area contributed by atoms with Crippen LogP contribution in [0, 0.1) is 0 Å².